The molecule has 0 spiro atoms. The molecule has 0 atom stereocenters. The van der Waals surface area contributed by atoms with Crippen LogP contribution in [0.5, 0.6) is 0 Å². The molecule has 1 heterocycles. The smallest absolute Gasteiger partial charge is 0.268 e. The molecule has 1 fully saturated rings. The lowest BCUT2D eigenvalue weighted by Crippen LogP contribution is -2.15. The third-order valence-electron chi connectivity index (χ3n) is 5.63. The molecule has 3 aromatic carbocycles. The molecule has 5 rings (SSSR count). The number of hydrogen-bond donors (Lipinski definition) is 0. The van der Waals surface area contributed by atoms with Crippen LogP contribution in [0.2, 0.25) is 0 Å². The van der Waals surface area contributed by atoms with Gasteiger partial charge in [0.1, 0.15) is 0 Å². The van der Waals surface area contributed by atoms with Crippen molar-refractivity contribution in [2.45, 2.75) is 24.7 Å². The molecule has 0 amide bonds. The number of rotatable bonds is 5. The fourth-order valence-electron chi connectivity index (χ4n) is 3.93. The highest BCUT2D eigenvalue weighted by Crippen LogP contribution is 2.42. The maximum absolute atomic E-state index is 13.8. The lowest BCUT2D eigenvalue weighted by atomic mass is 9.99. The maximum atomic E-state index is 13.8. The molecular formula is C25H21NO3S. The minimum Gasteiger partial charge on any atom is -0.294 e. The summed E-state index contributed by atoms with van der Waals surface area (Å²) in [6.07, 6.45) is 1.72. The zero-order valence-corrected chi connectivity index (χ0v) is 17.4. The summed E-state index contributed by atoms with van der Waals surface area (Å²) >= 11 is 0. The van der Waals surface area contributed by atoms with Crippen molar-refractivity contribution in [2.75, 3.05) is 0 Å². The standard InChI is InChI=1S/C25H21NO3S/c1-17-11-15-20(16-12-17)30(28,29)26-22-10-6-5-9-21(22)23(25(27)19-13-14-19)24(26)18-7-3-2-4-8-18/h2-12,15-16,19H,13-14H2,1H3. The Bertz CT molecular complexity index is 1360. The van der Waals surface area contributed by atoms with Crippen LogP contribution in [0.25, 0.3) is 22.2 Å². The van der Waals surface area contributed by atoms with Gasteiger partial charge >= 0.3 is 0 Å². The summed E-state index contributed by atoms with van der Waals surface area (Å²) in [5.41, 5.74) is 3.19. The number of hydrogen-bond acceptors (Lipinski definition) is 3. The zero-order valence-electron chi connectivity index (χ0n) is 16.6. The van der Waals surface area contributed by atoms with Crippen LogP contribution in [0.1, 0.15) is 28.8 Å². The van der Waals surface area contributed by atoms with Gasteiger partial charge in [0.25, 0.3) is 10.0 Å². The predicted octanol–water partition coefficient (Wildman–Crippen LogP) is 5.45. The van der Waals surface area contributed by atoms with Gasteiger partial charge in [-0.25, -0.2) is 12.4 Å². The molecule has 4 nitrogen and oxygen atoms in total. The molecule has 1 aliphatic rings. The van der Waals surface area contributed by atoms with Gasteiger partial charge in [0.15, 0.2) is 5.78 Å². The molecule has 1 aromatic heterocycles. The number of aromatic nitrogens is 1. The van der Waals surface area contributed by atoms with E-state index in [4.69, 9.17) is 0 Å². The number of carbonyl (C=O) groups is 1. The minimum atomic E-state index is -3.91. The highest BCUT2D eigenvalue weighted by molar-refractivity contribution is 7.90. The van der Waals surface area contributed by atoms with E-state index in [0.29, 0.717) is 27.7 Å². The van der Waals surface area contributed by atoms with Gasteiger partial charge in [0.2, 0.25) is 0 Å². The number of aryl methyl sites for hydroxylation is 1. The average molecular weight is 416 g/mol. The molecule has 0 aliphatic heterocycles. The van der Waals surface area contributed by atoms with Crippen molar-refractivity contribution in [2.24, 2.45) is 5.92 Å². The van der Waals surface area contributed by atoms with Gasteiger partial charge in [-0.1, -0.05) is 66.2 Å². The van der Waals surface area contributed by atoms with E-state index < -0.39 is 10.0 Å². The maximum Gasteiger partial charge on any atom is 0.268 e. The third-order valence-corrected chi connectivity index (χ3v) is 7.36. The van der Waals surface area contributed by atoms with Crippen LogP contribution >= 0.6 is 0 Å². The molecule has 0 unspecified atom stereocenters. The quantitative estimate of drug-likeness (QED) is 0.408. The fourth-order valence-corrected chi connectivity index (χ4v) is 5.48. The van der Waals surface area contributed by atoms with Crippen LogP contribution < -0.4 is 0 Å². The van der Waals surface area contributed by atoms with Crippen LogP contribution in [-0.2, 0) is 10.0 Å². The van der Waals surface area contributed by atoms with Crippen LogP contribution in [0.3, 0.4) is 0 Å². The molecule has 1 saturated carbocycles. The minimum absolute atomic E-state index is 0.0196. The summed E-state index contributed by atoms with van der Waals surface area (Å²) < 4.78 is 29.0. The van der Waals surface area contributed by atoms with E-state index in [2.05, 4.69) is 0 Å². The first kappa shape index (κ1) is 18.8. The van der Waals surface area contributed by atoms with Crippen molar-refractivity contribution < 1.29 is 13.2 Å². The number of para-hydroxylation sites is 1. The van der Waals surface area contributed by atoms with Gasteiger partial charge in [-0.05, 0) is 38.0 Å². The second kappa shape index (κ2) is 6.96. The highest BCUT2D eigenvalue weighted by atomic mass is 32.2. The third kappa shape index (κ3) is 2.97. The summed E-state index contributed by atoms with van der Waals surface area (Å²) in [5.74, 6) is 0.0108. The summed E-state index contributed by atoms with van der Waals surface area (Å²) in [6, 6.07) is 23.4. The number of nitrogens with zero attached hydrogens (tertiary/aromatic N) is 1. The molecule has 0 radical (unpaired) electrons. The van der Waals surface area contributed by atoms with E-state index in [1.165, 1.54) is 3.97 Å². The van der Waals surface area contributed by atoms with Gasteiger partial charge in [-0.2, -0.15) is 0 Å². The van der Waals surface area contributed by atoms with E-state index in [9.17, 15) is 13.2 Å². The molecule has 0 saturated heterocycles. The lowest BCUT2D eigenvalue weighted by molar-refractivity contribution is 0.0970. The second-order valence-corrected chi connectivity index (χ2v) is 9.61. The first-order chi connectivity index (χ1) is 14.5. The molecule has 30 heavy (non-hydrogen) atoms. The Morgan fingerprint density at radius 2 is 1.50 bits per heavy atom. The lowest BCUT2D eigenvalue weighted by Gasteiger charge is -2.13. The van der Waals surface area contributed by atoms with E-state index >= 15 is 0 Å². The van der Waals surface area contributed by atoms with E-state index in [-0.39, 0.29) is 16.6 Å². The van der Waals surface area contributed by atoms with Crippen LogP contribution in [0.15, 0.2) is 83.8 Å². The van der Waals surface area contributed by atoms with Crippen molar-refractivity contribution in [3.63, 3.8) is 0 Å². The van der Waals surface area contributed by atoms with Gasteiger partial charge in [-0.3, -0.25) is 4.79 Å². The Kier molecular flexibility index (Phi) is 4.36. The number of Topliss-reactive ketones (excluding diaryl/α,β-unsaturated/α-hetero) is 1. The Morgan fingerprint density at radius 1 is 0.867 bits per heavy atom. The molecule has 1 aliphatic carbocycles. The van der Waals surface area contributed by atoms with Crippen molar-refractivity contribution in [1.82, 2.24) is 3.97 Å². The second-order valence-electron chi connectivity index (χ2n) is 7.83. The Hall–Kier alpha value is -3.18. The number of ketones is 1. The Labute approximate surface area is 175 Å². The largest absolute Gasteiger partial charge is 0.294 e. The summed E-state index contributed by atoms with van der Waals surface area (Å²) in [7, 11) is -3.91. The monoisotopic (exact) mass is 415 g/mol. The molecule has 4 aromatic rings. The summed E-state index contributed by atoms with van der Waals surface area (Å²) in [4.78, 5) is 13.5. The van der Waals surface area contributed by atoms with Crippen LogP contribution in [0.4, 0.5) is 0 Å². The SMILES string of the molecule is Cc1ccc(S(=O)(=O)n2c(-c3ccccc3)c(C(=O)C3CC3)c3ccccc32)cc1. The average Bonchev–Trinajstić information content (AvgIpc) is 3.55. The van der Waals surface area contributed by atoms with Crippen molar-refractivity contribution in [3.8, 4) is 11.3 Å². The van der Waals surface area contributed by atoms with Gasteiger partial charge in [0, 0.05) is 16.9 Å². The first-order valence-electron chi connectivity index (χ1n) is 10.0. The number of benzene rings is 3. The summed E-state index contributed by atoms with van der Waals surface area (Å²) in [6.45, 7) is 1.92. The normalized spacial score (nSPS) is 14.2. The van der Waals surface area contributed by atoms with Gasteiger partial charge in [-0.15, -0.1) is 0 Å². The van der Waals surface area contributed by atoms with Crippen molar-refractivity contribution >= 4 is 26.7 Å². The summed E-state index contributed by atoms with van der Waals surface area (Å²) in [5, 5.41) is 0.684. The van der Waals surface area contributed by atoms with Crippen LogP contribution in [-0.4, -0.2) is 18.2 Å². The van der Waals surface area contributed by atoms with E-state index in [0.717, 1.165) is 18.4 Å². The molecule has 0 bridgehead atoms. The molecule has 5 heteroatoms. The number of carbonyl (C=O) groups excluding carboxylic acids is 1. The zero-order chi connectivity index (χ0) is 20.9. The fraction of sp³-hybridized carbons (Fsp3) is 0.160. The Morgan fingerprint density at radius 3 is 2.17 bits per heavy atom. The molecular weight excluding hydrogens is 394 g/mol. The van der Waals surface area contributed by atoms with E-state index in [1.54, 1.807) is 30.3 Å². The predicted molar refractivity (Wildman–Crippen MR) is 118 cm³/mol. The van der Waals surface area contributed by atoms with Gasteiger partial charge in [0.05, 0.1) is 21.7 Å². The Balaban J connectivity index is 1.90. The number of fused-ring (bicyclic) bond motifs is 1. The van der Waals surface area contributed by atoms with Crippen molar-refractivity contribution in [3.05, 3.63) is 90.0 Å². The van der Waals surface area contributed by atoms with Crippen molar-refractivity contribution in [1.29, 1.82) is 0 Å². The first-order valence-corrected chi connectivity index (χ1v) is 11.5. The highest BCUT2D eigenvalue weighted by Gasteiger charge is 2.37. The van der Waals surface area contributed by atoms with Gasteiger partial charge < -0.3 is 0 Å². The molecule has 0 N–H and O–H groups in total. The topological polar surface area (TPSA) is 56.1 Å². The van der Waals surface area contributed by atoms with E-state index in [1.807, 2.05) is 55.5 Å². The molecule has 150 valence electrons. The van der Waals surface area contributed by atoms with Crippen LogP contribution in [0, 0.1) is 12.8 Å².